The normalized spacial score (nSPS) is 11.9. The molecule has 1 atom stereocenters. The van der Waals surface area contributed by atoms with Crippen molar-refractivity contribution in [3.05, 3.63) is 23.8 Å². The first-order valence-electron chi connectivity index (χ1n) is 6.51. The fourth-order valence-corrected chi connectivity index (χ4v) is 1.81. The van der Waals surface area contributed by atoms with Gasteiger partial charge in [0.15, 0.2) is 11.5 Å². The van der Waals surface area contributed by atoms with Gasteiger partial charge in [-0.2, -0.15) is 0 Å². The molecule has 6 heteroatoms. The molecule has 1 aromatic carbocycles. The van der Waals surface area contributed by atoms with Gasteiger partial charge in [0.2, 0.25) is 0 Å². The minimum absolute atomic E-state index is 0.0198. The van der Waals surface area contributed by atoms with Crippen LogP contribution in [0.3, 0.4) is 0 Å². The zero-order valence-corrected chi connectivity index (χ0v) is 11.8. The molecule has 6 nitrogen and oxygen atoms in total. The second-order valence-electron chi connectivity index (χ2n) is 4.15. The van der Waals surface area contributed by atoms with Gasteiger partial charge in [0.25, 0.3) is 0 Å². The smallest absolute Gasteiger partial charge is 0.325 e. The zero-order chi connectivity index (χ0) is 15.0. The topological polar surface area (TPSA) is 88.0 Å². The van der Waals surface area contributed by atoms with Crippen LogP contribution in [0.25, 0.3) is 0 Å². The van der Waals surface area contributed by atoms with Gasteiger partial charge in [0.1, 0.15) is 6.04 Å². The van der Waals surface area contributed by atoms with Crippen molar-refractivity contribution < 1.29 is 24.5 Å². The van der Waals surface area contributed by atoms with Crippen LogP contribution in [0, 0.1) is 0 Å². The number of aliphatic carboxylic acids is 1. The van der Waals surface area contributed by atoms with Crippen molar-refractivity contribution in [3.63, 3.8) is 0 Å². The molecule has 3 N–H and O–H groups in total. The summed E-state index contributed by atoms with van der Waals surface area (Å²) in [6.45, 7) is 2.81. The molecule has 1 aromatic rings. The number of rotatable bonds is 9. The highest BCUT2D eigenvalue weighted by Crippen LogP contribution is 2.30. The van der Waals surface area contributed by atoms with E-state index in [1.54, 1.807) is 18.2 Å². The number of hydrogen-bond donors (Lipinski definition) is 3. The first kappa shape index (κ1) is 16.3. The molecule has 0 fully saturated rings. The predicted octanol–water partition coefficient (Wildman–Crippen LogP) is 1.19. The molecular formula is C14H21NO5. The monoisotopic (exact) mass is 283 g/mol. The number of carbonyl (C=O) groups is 1. The SMILES string of the molecule is CCOc1ccc(C(NCCCO)C(=O)O)cc1OC. The number of benzene rings is 1. The van der Waals surface area contributed by atoms with Crippen molar-refractivity contribution in [1.82, 2.24) is 5.32 Å². The summed E-state index contributed by atoms with van der Waals surface area (Å²) >= 11 is 0. The van der Waals surface area contributed by atoms with Crippen molar-refractivity contribution >= 4 is 5.97 Å². The van der Waals surface area contributed by atoms with E-state index in [1.165, 1.54) is 7.11 Å². The van der Waals surface area contributed by atoms with E-state index in [-0.39, 0.29) is 6.61 Å². The largest absolute Gasteiger partial charge is 0.493 e. The maximum absolute atomic E-state index is 11.3. The Kier molecular flexibility index (Phi) is 6.83. The van der Waals surface area contributed by atoms with E-state index in [4.69, 9.17) is 14.6 Å². The quantitative estimate of drug-likeness (QED) is 0.590. The van der Waals surface area contributed by atoms with Gasteiger partial charge in [-0.3, -0.25) is 4.79 Å². The van der Waals surface area contributed by atoms with Crippen LogP contribution in [-0.4, -0.2) is 43.1 Å². The molecule has 0 bridgehead atoms. The number of nitrogens with one attached hydrogen (secondary N) is 1. The van der Waals surface area contributed by atoms with Crippen LogP contribution < -0.4 is 14.8 Å². The fraction of sp³-hybridized carbons (Fsp3) is 0.500. The lowest BCUT2D eigenvalue weighted by Gasteiger charge is -2.17. The highest BCUT2D eigenvalue weighted by Gasteiger charge is 2.20. The van der Waals surface area contributed by atoms with Crippen molar-refractivity contribution in [1.29, 1.82) is 0 Å². The van der Waals surface area contributed by atoms with Crippen LogP contribution in [0.15, 0.2) is 18.2 Å². The molecule has 0 spiro atoms. The van der Waals surface area contributed by atoms with Crippen molar-refractivity contribution in [3.8, 4) is 11.5 Å². The predicted molar refractivity (Wildman–Crippen MR) is 74.2 cm³/mol. The van der Waals surface area contributed by atoms with E-state index in [0.29, 0.717) is 36.6 Å². The van der Waals surface area contributed by atoms with Crippen LogP contribution in [0.1, 0.15) is 24.9 Å². The molecule has 0 saturated heterocycles. The summed E-state index contributed by atoms with van der Waals surface area (Å²) in [4.78, 5) is 11.3. The first-order valence-corrected chi connectivity index (χ1v) is 6.51. The molecule has 0 aliphatic rings. The summed E-state index contributed by atoms with van der Waals surface area (Å²) in [5.74, 6) is 0.104. The Labute approximate surface area is 118 Å². The Morgan fingerprint density at radius 1 is 1.40 bits per heavy atom. The highest BCUT2D eigenvalue weighted by atomic mass is 16.5. The molecule has 112 valence electrons. The van der Waals surface area contributed by atoms with Gasteiger partial charge in [0.05, 0.1) is 13.7 Å². The van der Waals surface area contributed by atoms with Crippen molar-refractivity contribution in [2.75, 3.05) is 26.9 Å². The molecule has 0 aromatic heterocycles. The molecule has 0 saturated carbocycles. The van der Waals surface area contributed by atoms with Crippen molar-refractivity contribution in [2.45, 2.75) is 19.4 Å². The van der Waals surface area contributed by atoms with Crippen LogP contribution in [0.5, 0.6) is 11.5 Å². The van der Waals surface area contributed by atoms with E-state index in [1.807, 2.05) is 6.92 Å². The van der Waals surface area contributed by atoms with Gasteiger partial charge in [-0.1, -0.05) is 6.07 Å². The van der Waals surface area contributed by atoms with E-state index >= 15 is 0 Å². The molecule has 0 aliphatic carbocycles. The number of hydrogen-bond acceptors (Lipinski definition) is 5. The maximum atomic E-state index is 11.3. The van der Waals surface area contributed by atoms with E-state index < -0.39 is 12.0 Å². The number of methoxy groups -OCH3 is 1. The van der Waals surface area contributed by atoms with Gasteiger partial charge < -0.3 is 25.0 Å². The molecule has 1 unspecified atom stereocenters. The van der Waals surface area contributed by atoms with E-state index in [0.717, 1.165) is 0 Å². The third-order valence-electron chi connectivity index (χ3n) is 2.75. The van der Waals surface area contributed by atoms with Crippen LogP contribution in [0.4, 0.5) is 0 Å². The minimum Gasteiger partial charge on any atom is -0.493 e. The highest BCUT2D eigenvalue weighted by molar-refractivity contribution is 5.76. The van der Waals surface area contributed by atoms with Crippen LogP contribution in [-0.2, 0) is 4.79 Å². The lowest BCUT2D eigenvalue weighted by molar-refractivity contribution is -0.139. The van der Waals surface area contributed by atoms with Crippen LogP contribution >= 0.6 is 0 Å². The van der Waals surface area contributed by atoms with E-state index in [2.05, 4.69) is 5.32 Å². The molecule has 0 amide bonds. The summed E-state index contributed by atoms with van der Waals surface area (Å²) in [5.41, 5.74) is 0.579. The Bertz CT molecular complexity index is 436. The first-order chi connectivity index (χ1) is 9.63. The third kappa shape index (κ3) is 4.40. The minimum atomic E-state index is -0.978. The second-order valence-corrected chi connectivity index (χ2v) is 4.15. The Hall–Kier alpha value is -1.79. The van der Waals surface area contributed by atoms with E-state index in [9.17, 15) is 9.90 Å². The molecule has 1 rings (SSSR count). The zero-order valence-electron chi connectivity index (χ0n) is 11.8. The third-order valence-corrected chi connectivity index (χ3v) is 2.75. The average Bonchev–Trinajstić information content (AvgIpc) is 2.44. The van der Waals surface area contributed by atoms with Gasteiger partial charge in [-0.05, 0) is 37.6 Å². The lowest BCUT2D eigenvalue weighted by atomic mass is 10.1. The summed E-state index contributed by atoms with van der Waals surface area (Å²) < 4.78 is 10.6. The number of carboxylic acids is 1. The van der Waals surface area contributed by atoms with Gasteiger partial charge in [0, 0.05) is 6.61 Å². The van der Waals surface area contributed by atoms with Crippen LogP contribution in [0.2, 0.25) is 0 Å². The maximum Gasteiger partial charge on any atom is 0.325 e. The molecule has 0 radical (unpaired) electrons. The summed E-state index contributed by atoms with van der Waals surface area (Å²) in [6, 6.07) is 4.20. The Balaban J connectivity index is 2.93. The summed E-state index contributed by atoms with van der Waals surface area (Å²) in [6.07, 6.45) is 0.498. The van der Waals surface area contributed by atoms with Gasteiger partial charge in [-0.15, -0.1) is 0 Å². The summed E-state index contributed by atoms with van der Waals surface area (Å²) in [5, 5.41) is 20.9. The molecular weight excluding hydrogens is 262 g/mol. The van der Waals surface area contributed by atoms with Gasteiger partial charge in [-0.25, -0.2) is 0 Å². The molecule has 0 aliphatic heterocycles. The fourth-order valence-electron chi connectivity index (χ4n) is 1.81. The molecule has 0 heterocycles. The summed E-state index contributed by atoms with van der Waals surface area (Å²) in [7, 11) is 1.51. The Morgan fingerprint density at radius 2 is 2.15 bits per heavy atom. The lowest BCUT2D eigenvalue weighted by Crippen LogP contribution is -2.29. The number of carboxylic acid groups (broad SMARTS) is 1. The Morgan fingerprint density at radius 3 is 2.70 bits per heavy atom. The number of aliphatic hydroxyl groups is 1. The second kappa shape index (κ2) is 8.39. The number of ether oxygens (including phenoxy) is 2. The molecule has 20 heavy (non-hydrogen) atoms. The standard InChI is InChI=1S/C14H21NO5/c1-3-20-11-6-5-10(9-12(11)19-2)13(14(17)18)15-7-4-8-16/h5-6,9,13,15-16H,3-4,7-8H2,1-2H3,(H,17,18). The van der Waals surface area contributed by atoms with Crippen molar-refractivity contribution in [2.24, 2.45) is 0 Å². The average molecular weight is 283 g/mol. The van der Waals surface area contributed by atoms with Gasteiger partial charge >= 0.3 is 5.97 Å². The number of aliphatic hydroxyl groups excluding tert-OH is 1.